The maximum absolute atomic E-state index is 7.90. The third-order valence-electron chi connectivity index (χ3n) is 3.70. The van der Waals surface area contributed by atoms with Crippen molar-refractivity contribution in [3.63, 3.8) is 0 Å². The first-order valence-electron chi connectivity index (χ1n) is 5.81. The number of rotatable bonds is 1. The molecule has 1 aliphatic heterocycles. The van der Waals surface area contributed by atoms with Gasteiger partial charge in [0, 0.05) is 0 Å². The highest BCUT2D eigenvalue weighted by Gasteiger charge is 2.45. The van der Waals surface area contributed by atoms with Gasteiger partial charge in [0.15, 0.2) is 5.16 Å². The topological polar surface area (TPSA) is 78.6 Å². The lowest BCUT2D eigenvalue weighted by Crippen LogP contribution is -2.47. The van der Waals surface area contributed by atoms with Crippen LogP contribution in [0.4, 0.5) is 5.95 Å². The lowest BCUT2D eigenvalue weighted by Gasteiger charge is -2.29. The van der Waals surface area contributed by atoms with E-state index in [4.69, 9.17) is 5.41 Å². The Morgan fingerprint density at radius 3 is 3.00 bits per heavy atom. The monoisotopic (exact) mass is 252 g/mol. The number of nitrogens with one attached hydrogen (secondary N) is 3. The zero-order valence-electron chi connectivity index (χ0n) is 9.95. The number of hydrogen-bond acceptors (Lipinski definition) is 6. The Balaban J connectivity index is 2.03. The molecule has 0 amide bonds. The molecular formula is C10H16N6S. The Morgan fingerprint density at radius 2 is 2.35 bits per heavy atom. The second-order valence-electron chi connectivity index (χ2n) is 4.69. The Bertz CT molecular complexity index is 512. The zero-order chi connectivity index (χ0) is 12.0. The summed E-state index contributed by atoms with van der Waals surface area (Å²) in [6, 6.07) is 0. The average Bonchev–Trinajstić information content (AvgIpc) is 2.84. The molecule has 1 aliphatic carbocycles. The Morgan fingerprint density at radius 1 is 1.53 bits per heavy atom. The van der Waals surface area contributed by atoms with Crippen LogP contribution in [0.5, 0.6) is 0 Å². The van der Waals surface area contributed by atoms with Crippen molar-refractivity contribution in [3.8, 4) is 0 Å². The van der Waals surface area contributed by atoms with Crippen molar-refractivity contribution in [3.05, 3.63) is 5.62 Å². The van der Waals surface area contributed by atoms with Crippen molar-refractivity contribution in [2.45, 2.75) is 37.0 Å². The van der Waals surface area contributed by atoms with Crippen molar-refractivity contribution >= 4 is 17.7 Å². The number of hydrogen-bond donors (Lipinski definition) is 3. The van der Waals surface area contributed by atoms with Crippen LogP contribution in [0.25, 0.3) is 0 Å². The highest BCUT2D eigenvalue weighted by molar-refractivity contribution is 7.98. The molecule has 0 aromatic carbocycles. The number of aromatic nitrogens is 3. The van der Waals surface area contributed by atoms with Crippen LogP contribution in [0.15, 0.2) is 5.16 Å². The maximum atomic E-state index is 7.90. The van der Waals surface area contributed by atoms with Crippen molar-refractivity contribution in [1.82, 2.24) is 14.6 Å². The Labute approximate surface area is 104 Å². The predicted octanol–water partition coefficient (Wildman–Crippen LogP) is 0.965. The van der Waals surface area contributed by atoms with Crippen molar-refractivity contribution in [1.29, 1.82) is 5.41 Å². The summed E-state index contributed by atoms with van der Waals surface area (Å²) in [5.41, 5.74) is 3.44. The first-order valence-corrected chi connectivity index (χ1v) is 7.03. The third-order valence-corrected chi connectivity index (χ3v) is 4.25. The van der Waals surface area contributed by atoms with Crippen LogP contribution in [0.1, 0.15) is 26.2 Å². The average molecular weight is 252 g/mol. The number of anilines is 1. The Kier molecular flexibility index (Phi) is 2.32. The largest absolute Gasteiger partial charge is 0.330 e. The molecule has 1 fully saturated rings. The molecule has 92 valence electrons. The first kappa shape index (κ1) is 10.9. The van der Waals surface area contributed by atoms with E-state index in [1.54, 1.807) is 4.68 Å². The van der Waals surface area contributed by atoms with Crippen LogP contribution in [-0.4, -0.2) is 26.6 Å². The molecule has 6 nitrogen and oxygen atoms in total. The minimum atomic E-state index is -0.130. The second-order valence-corrected chi connectivity index (χ2v) is 5.47. The molecule has 2 aliphatic rings. The standard InChI is InChI=1S/C10H16N6S/c1-6-4-3-5-10(6)14-8-13-9(17-2)12-7(11)16(8)15-10/h6,15H,3-5H2,1-2H3,(H2,11,12,13,14). The lowest BCUT2D eigenvalue weighted by atomic mass is 10.00. The number of fused-ring (bicyclic) bond motifs is 1. The molecule has 2 heterocycles. The van der Waals surface area contributed by atoms with Gasteiger partial charge in [-0.05, 0) is 31.4 Å². The molecule has 2 atom stereocenters. The molecule has 17 heavy (non-hydrogen) atoms. The van der Waals surface area contributed by atoms with Gasteiger partial charge in [0.1, 0.15) is 5.66 Å². The van der Waals surface area contributed by atoms with Gasteiger partial charge >= 0.3 is 0 Å². The predicted molar refractivity (Wildman–Crippen MR) is 66.4 cm³/mol. The zero-order valence-corrected chi connectivity index (χ0v) is 10.8. The van der Waals surface area contributed by atoms with E-state index in [0.29, 0.717) is 17.0 Å². The van der Waals surface area contributed by atoms with Gasteiger partial charge in [-0.3, -0.25) is 10.8 Å². The normalized spacial score (nSPS) is 30.1. The van der Waals surface area contributed by atoms with Crippen LogP contribution in [-0.2, 0) is 0 Å². The smallest absolute Gasteiger partial charge is 0.246 e. The minimum Gasteiger partial charge on any atom is -0.330 e. The molecule has 1 aromatic heterocycles. The van der Waals surface area contributed by atoms with Crippen molar-refractivity contribution < 1.29 is 0 Å². The summed E-state index contributed by atoms with van der Waals surface area (Å²) in [6.07, 6.45) is 5.38. The van der Waals surface area contributed by atoms with Crippen LogP contribution in [0.3, 0.4) is 0 Å². The summed E-state index contributed by atoms with van der Waals surface area (Å²) >= 11 is 1.46. The fourth-order valence-electron chi connectivity index (χ4n) is 2.65. The van der Waals surface area contributed by atoms with E-state index in [2.05, 4.69) is 27.6 Å². The van der Waals surface area contributed by atoms with Crippen molar-refractivity contribution in [2.75, 3.05) is 17.0 Å². The molecule has 3 N–H and O–H groups in total. The first-order chi connectivity index (χ1) is 8.14. The van der Waals surface area contributed by atoms with E-state index < -0.39 is 0 Å². The minimum absolute atomic E-state index is 0.130. The molecule has 0 radical (unpaired) electrons. The molecule has 0 saturated heterocycles. The molecule has 1 aromatic rings. The third kappa shape index (κ3) is 1.52. The molecule has 7 heteroatoms. The second kappa shape index (κ2) is 3.63. The molecule has 2 unspecified atom stereocenters. The number of nitrogens with zero attached hydrogens (tertiary/aromatic N) is 3. The van der Waals surface area contributed by atoms with E-state index >= 15 is 0 Å². The van der Waals surface area contributed by atoms with Crippen molar-refractivity contribution in [2.24, 2.45) is 5.92 Å². The van der Waals surface area contributed by atoms with Gasteiger partial charge in [-0.2, -0.15) is 14.6 Å². The van der Waals surface area contributed by atoms with Crippen LogP contribution >= 0.6 is 11.8 Å². The van der Waals surface area contributed by atoms with Gasteiger partial charge in [-0.1, -0.05) is 18.7 Å². The fraction of sp³-hybridized carbons (Fsp3) is 0.700. The molecule has 3 rings (SSSR count). The molecule has 0 bridgehead atoms. The summed E-state index contributed by atoms with van der Waals surface area (Å²) in [5, 5.41) is 12.0. The Hall–Kier alpha value is -1.24. The fourth-order valence-corrected chi connectivity index (χ4v) is 3.00. The van der Waals surface area contributed by atoms with E-state index in [1.807, 2.05) is 6.26 Å². The SMILES string of the molecule is CSc1nc2n(c(=N)n1)NC1(CCCC1C)N2. The van der Waals surface area contributed by atoms with E-state index in [-0.39, 0.29) is 11.3 Å². The van der Waals surface area contributed by atoms with E-state index in [1.165, 1.54) is 24.6 Å². The van der Waals surface area contributed by atoms with Crippen LogP contribution < -0.4 is 16.4 Å². The quantitative estimate of drug-likeness (QED) is 0.649. The van der Waals surface area contributed by atoms with Gasteiger partial charge in [0.25, 0.3) is 0 Å². The molecule has 1 saturated carbocycles. The molecule has 1 spiro atoms. The summed E-state index contributed by atoms with van der Waals surface area (Å²) in [4.78, 5) is 8.53. The van der Waals surface area contributed by atoms with Gasteiger partial charge in [0.2, 0.25) is 11.6 Å². The van der Waals surface area contributed by atoms with Gasteiger partial charge in [-0.15, -0.1) is 0 Å². The van der Waals surface area contributed by atoms with E-state index in [9.17, 15) is 0 Å². The van der Waals surface area contributed by atoms with Crippen LogP contribution in [0, 0.1) is 11.3 Å². The summed E-state index contributed by atoms with van der Waals surface area (Å²) < 4.78 is 1.65. The summed E-state index contributed by atoms with van der Waals surface area (Å²) in [7, 11) is 0. The summed E-state index contributed by atoms with van der Waals surface area (Å²) in [5.74, 6) is 1.24. The van der Waals surface area contributed by atoms with Gasteiger partial charge in [-0.25, -0.2) is 0 Å². The van der Waals surface area contributed by atoms with Crippen LogP contribution in [0.2, 0.25) is 0 Å². The lowest BCUT2D eigenvalue weighted by molar-refractivity contribution is 0.408. The highest BCUT2D eigenvalue weighted by Crippen LogP contribution is 2.39. The summed E-state index contributed by atoms with van der Waals surface area (Å²) in [6.45, 7) is 2.23. The van der Waals surface area contributed by atoms with Gasteiger partial charge in [0.05, 0.1) is 0 Å². The maximum Gasteiger partial charge on any atom is 0.246 e. The van der Waals surface area contributed by atoms with E-state index in [0.717, 1.165) is 6.42 Å². The number of thioether (sulfide) groups is 1. The molecular weight excluding hydrogens is 236 g/mol. The highest BCUT2D eigenvalue weighted by atomic mass is 32.2. The van der Waals surface area contributed by atoms with Gasteiger partial charge < -0.3 is 5.32 Å².